The van der Waals surface area contributed by atoms with E-state index in [1.54, 1.807) is 18.2 Å². The molecule has 0 spiro atoms. The Labute approximate surface area is 130 Å². The molecule has 1 aliphatic rings. The second-order valence-corrected chi connectivity index (χ2v) is 7.40. The molecule has 9 heteroatoms. The summed E-state index contributed by atoms with van der Waals surface area (Å²) < 4.78 is 32.4. The molecule has 7 nitrogen and oxygen atoms in total. The number of nitrogens with zero attached hydrogens (tertiary/aromatic N) is 1. The molecular weight excluding hydrogens is 334 g/mol. The first kappa shape index (κ1) is 14.9. The highest BCUT2D eigenvalue weighted by Crippen LogP contribution is 2.32. The van der Waals surface area contributed by atoms with Gasteiger partial charge in [-0.15, -0.1) is 0 Å². The molecule has 0 aliphatic carbocycles. The molecule has 0 saturated carbocycles. The largest absolute Gasteiger partial charge is 0.487 e. The van der Waals surface area contributed by atoms with E-state index >= 15 is 0 Å². The summed E-state index contributed by atoms with van der Waals surface area (Å²) in [4.78, 5) is 10.8. The van der Waals surface area contributed by atoms with Crippen molar-refractivity contribution in [1.82, 2.24) is 5.16 Å². The van der Waals surface area contributed by atoms with E-state index in [0.29, 0.717) is 17.0 Å². The minimum absolute atomic E-state index is 0.0175. The molecule has 3 rings (SSSR count). The molecule has 0 radical (unpaired) electrons. The maximum atomic E-state index is 11.1. The van der Waals surface area contributed by atoms with Crippen molar-refractivity contribution in [2.45, 2.75) is 6.10 Å². The van der Waals surface area contributed by atoms with Crippen molar-refractivity contribution >= 4 is 27.4 Å². The third-order valence-electron chi connectivity index (χ3n) is 3.12. The number of halogens is 1. The van der Waals surface area contributed by atoms with Crippen LogP contribution in [0.1, 0.15) is 10.6 Å². The smallest absolute Gasteiger partial charge is 0.374 e. The Balaban J connectivity index is 1.78. The van der Waals surface area contributed by atoms with E-state index in [1.165, 1.54) is 6.07 Å². The minimum Gasteiger partial charge on any atom is -0.487 e. The van der Waals surface area contributed by atoms with Gasteiger partial charge in [0.15, 0.2) is 9.84 Å². The van der Waals surface area contributed by atoms with Crippen LogP contribution in [0.15, 0.2) is 28.8 Å². The van der Waals surface area contributed by atoms with E-state index in [2.05, 4.69) is 9.68 Å². The normalized spacial score (nSPS) is 17.0. The topological polar surface area (TPSA) is 107 Å². The number of aromatic carboxylic acids is 1. The van der Waals surface area contributed by atoms with Gasteiger partial charge in [-0.25, -0.2) is 13.2 Å². The number of aromatic nitrogens is 1. The summed E-state index contributed by atoms with van der Waals surface area (Å²) in [6.45, 7) is 0. The number of hydrogen-bond donors (Lipinski definition) is 1. The predicted molar refractivity (Wildman–Crippen MR) is 77.0 cm³/mol. The first-order valence-corrected chi connectivity index (χ1v) is 8.41. The molecule has 1 saturated heterocycles. The number of benzene rings is 1. The average molecular weight is 344 g/mol. The quantitative estimate of drug-likeness (QED) is 0.902. The van der Waals surface area contributed by atoms with Crippen molar-refractivity contribution in [1.29, 1.82) is 0 Å². The Morgan fingerprint density at radius 2 is 2.09 bits per heavy atom. The van der Waals surface area contributed by atoms with Gasteiger partial charge in [-0.05, 0) is 18.2 Å². The first-order chi connectivity index (χ1) is 10.3. The lowest BCUT2D eigenvalue weighted by atomic mass is 10.1. The fraction of sp³-hybridized carbons (Fsp3) is 0.231. The maximum absolute atomic E-state index is 11.1. The highest BCUT2D eigenvalue weighted by molar-refractivity contribution is 7.92. The molecule has 1 N–H and O–H groups in total. The molecule has 1 aliphatic heterocycles. The molecule has 116 valence electrons. The van der Waals surface area contributed by atoms with E-state index in [0.717, 1.165) is 0 Å². The molecule has 0 unspecified atom stereocenters. The monoisotopic (exact) mass is 343 g/mol. The van der Waals surface area contributed by atoms with Gasteiger partial charge in [-0.2, -0.15) is 0 Å². The molecule has 2 heterocycles. The third-order valence-corrected chi connectivity index (χ3v) is 5.18. The molecule has 1 aromatic heterocycles. The summed E-state index contributed by atoms with van der Waals surface area (Å²) in [6, 6.07) is 6.05. The lowest BCUT2D eigenvalue weighted by Crippen LogP contribution is -2.45. The van der Waals surface area contributed by atoms with E-state index in [1.807, 2.05) is 0 Å². The number of carbonyl (C=O) groups is 1. The van der Waals surface area contributed by atoms with E-state index < -0.39 is 15.8 Å². The number of rotatable bonds is 4. The minimum atomic E-state index is -2.97. The van der Waals surface area contributed by atoms with Crippen LogP contribution in [0.3, 0.4) is 0 Å². The standard InChI is InChI=1S/C13H10ClNO6S/c14-9-3-7(10-4-12(13(16)17)21-15-10)1-2-11(9)20-8-5-22(18,19)6-8/h1-4,8H,5-6H2,(H,16,17). The average Bonchev–Trinajstić information content (AvgIpc) is 2.88. The van der Waals surface area contributed by atoms with Gasteiger partial charge in [0, 0.05) is 11.6 Å². The van der Waals surface area contributed by atoms with Crippen LogP contribution >= 0.6 is 11.6 Å². The summed E-state index contributed by atoms with van der Waals surface area (Å²) in [5, 5.41) is 12.7. The molecule has 0 amide bonds. The lowest BCUT2D eigenvalue weighted by Gasteiger charge is -2.26. The van der Waals surface area contributed by atoms with Gasteiger partial charge in [0.25, 0.3) is 0 Å². The molecule has 1 fully saturated rings. The lowest BCUT2D eigenvalue weighted by molar-refractivity contribution is 0.0652. The van der Waals surface area contributed by atoms with Crippen molar-refractivity contribution in [3.63, 3.8) is 0 Å². The molecule has 2 aromatic rings. The highest BCUT2D eigenvalue weighted by atomic mass is 35.5. The fourth-order valence-corrected chi connectivity index (χ4v) is 3.43. The molecule has 0 atom stereocenters. The Hall–Kier alpha value is -2.06. The molecule has 0 bridgehead atoms. The van der Waals surface area contributed by atoms with Crippen LogP contribution in [0.25, 0.3) is 11.3 Å². The third kappa shape index (κ3) is 2.93. The predicted octanol–water partition coefficient (Wildman–Crippen LogP) is 1.87. The van der Waals surface area contributed by atoms with E-state index in [4.69, 9.17) is 21.4 Å². The maximum Gasteiger partial charge on any atom is 0.374 e. The number of sulfone groups is 1. The second-order valence-electron chi connectivity index (χ2n) is 4.84. The molecule has 1 aromatic carbocycles. The van der Waals surface area contributed by atoms with E-state index in [-0.39, 0.29) is 28.4 Å². The first-order valence-electron chi connectivity index (χ1n) is 6.21. The van der Waals surface area contributed by atoms with Crippen molar-refractivity contribution in [2.24, 2.45) is 0 Å². The number of carboxylic acids is 1. The second kappa shape index (κ2) is 5.29. The summed E-state index contributed by atoms with van der Waals surface area (Å²) in [5.74, 6) is -1.15. The molecular formula is C13H10ClNO6S. The SMILES string of the molecule is O=C(O)c1cc(-c2ccc(OC3CS(=O)(=O)C3)c(Cl)c2)no1. The van der Waals surface area contributed by atoms with Crippen LogP contribution in [0.5, 0.6) is 5.75 Å². The number of hydrogen-bond acceptors (Lipinski definition) is 6. The van der Waals surface area contributed by atoms with Crippen LogP contribution < -0.4 is 4.74 Å². The van der Waals surface area contributed by atoms with Gasteiger partial charge in [-0.1, -0.05) is 16.8 Å². The fourth-order valence-electron chi connectivity index (χ4n) is 2.03. The van der Waals surface area contributed by atoms with Crippen LogP contribution in [0.4, 0.5) is 0 Å². The highest BCUT2D eigenvalue weighted by Gasteiger charge is 2.35. The van der Waals surface area contributed by atoms with Crippen LogP contribution in [-0.2, 0) is 9.84 Å². The van der Waals surface area contributed by atoms with Crippen molar-refractivity contribution in [3.05, 3.63) is 35.0 Å². The Kier molecular flexibility index (Phi) is 3.57. The number of carboxylic acid groups (broad SMARTS) is 1. The number of ether oxygens (including phenoxy) is 1. The molecule has 22 heavy (non-hydrogen) atoms. The Morgan fingerprint density at radius 3 is 2.64 bits per heavy atom. The van der Waals surface area contributed by atoms with Crippen LogP contribution in [-0.4, -0.2) is 42.3 Å². The zero-order valence-electron chi connectivity index (χ0n) is 11.0. The van der Waals surface area contributed by atoms with Gasteiger partial charge < -0.3 is 14.4 Å². The van der Waals surface area contributed by atoms with Gasteiger partial charge in [-0.3, -0.25) is 0 Å². The van der Waals surface area contributed by atoms with Gasteiger partial charge >= 0.3 is 5.97 Å². The van der Waals surface area contributed by atoms with Gasteiger partial charge in [0.05, 0.1) is 16.5 Å². The van der Waals surface area contributed by atoms with Crippen molar-refractivity contribution < 1.29 is 27.6 Å². The Morgan fingerprint density at radius 1 is 1.36 bits per heavy atom. The van der Waals surface area contributed by atoms with Gasteiger partial charge in [0.1, 0.15) is 17.5 Å². The zero-order valence-corrected chi connectivity index (χ0v) is 12.6. The summed E-state index contributed by atoms with van der Waals surface area (Å²) in [5.41, 5.74) is 0.895. The van der Waals surface area contributed by atoms with Crippen molar-refractivity contribution in [2.75, 3.05) is 11.5 Å². The summed E-state index contributed by atoms with van der Waals surface area (Å²) in [6.07, 6.45) is -0.390. The van der Waals surface area contributed by atoms with E-state index in [9.17, 15) is 13.2 Å². The van der Waals surface area contributed by atoms with Crippen LogP contribution in [0, 0.1) is 0 Å². The van der Waals surface area contributed by atoms with Gasteiger partial charge in [0.2, 0.25) is 5.76 Å². The summed E-state index contributed by atoms with van der Waals surface area (Å²) in [7, 11) is -2.97. The summed E-state index contributed by atoms with van der Waals surface area (Å²) >= 11 is 6.10. The Bertz CT molecular complexity index is 832. The van der Waals surface area contributed by atoms with Crippen molar-refractivity contribution in [3.8, 4) is 17.0 Å². The zero-order chi connectivity index (χ0) is 15.9. The van der Waals surface area contributed by atoms with Crippen LogP contribution in [0.2, 0.25) is 5.02 Å².